The highest BCUT2D eigenvalue weighted by Crippen LogP contribution is 2.48. The minimum atomic E-state index is -1.74. The summed E-state index contributed by atoms with van der Waals surface area (Å²) in [6, 6.07) is 24.4. The van der Waals surface area contributed by atoms with Gasteiger partial charge in [-0.1, -0.05) is 85.1 Å². The second-order valence-corrected chi connectivity index (χ2v) is 11.9. The average molecular weight is 639 g/mol. The number of benzene rings is 4. The largest absolute Gasteiger partial charge is 0.479 e. The molecule has 1 N–H and O–H groups in total. The monoisotopic (exact) mass is 637 g/mol. The number of hydrogen-bond donors (Lipinski definition) is 1. The maximum Gasteiger partial charge on any atom is 0.330 e. The number of carboxylic acids is 1. The smallest absolute Gasteiger partial charge is 0.330 e. The Hall–Kier alpha value is -3.78. The number of morpholine rings is 1. The minimum absolute atomic E-state index is 0.0716. The molecule has 1 heterocycles. The number of aliphatic carboxylic acids is 1. The molecular formula is C35H31Cl2F2NO4. The predicted octanol–water partition coefficient (Wildman–Crippen LogP) is 8.39. The highest BCUT2D eigenvalue weighted by atomic mass is 35.5. The molecule has 0 aromatic heterocycles. The van der Waals surface area contributed by atoms with Crippen molar-refractivity contribution in [2.45, 2.75) is 56.4 Å². The van der Waals surface area contributed by atoms with Gasteiger partial charge in [0.15, 0.2) is 0 Å². The summed E-state index contributed by atoms with van der Waals surface area (Å²) >= 11 is 12.7. The molecule has 5 rings (SSSR count). The topological polar surface area (TPSA) is 66.8 Å². The van der Waals surface area contributed by atoms with Crippen LogP contribution in [0.1, 0.15) is 54.2 Å². The third kappa shape index (κ3) is 6.65. The molecule has 1 saturated heterocycles. The highest BCUT2D eigenvalue weighted by Gasteiger charge is 2.56. The number of halogens is 4. The van der Waals surface area contributed by atoms with Crippen molar-refractivity contribution in [1.29, 1.82) is 0 Å². The van der Waals surface area contributed by atoms with Gasteiger partial charge < -0.3 is 14.7 Å². The van der Waals surface area contributed by atoms with Gasteiger partial charge in [0, 0.05) is 22.9 Å². The van der Waals surface area contributed by atoms with Crippen molar-refractivity contribution in [3.8, 4) is 0 Å². The fourth-order valence-corrected chi connectivity index (χ4v) is 6.37. The predicted molar refractivity (Wildman–Crippen MR) is 166 cm³/mol. The van der Waals surface area contributed by atoms with Crippen molar-refractivity contribution in [1.82, 2.24) is 4.90 Å². The molecule has 0 aliphatic carbocycles. The lowest BCUT2D eigenvalue weighted by Crippen LogP contribution is -2.65. The van der Waals surface area contributed by atoms with E-state index < -0.39 is 47.3 Å². The van der Waals surface area contributed by atoms with Crippen LogP contribution in [0.25, 0.3) is 0 Å². The van der Waals surface area contributed by atoms with Gasteiger partial charge in [0.25, 0.3) is 5.91 Å². The lowest BCUT2D eigenvalue weighted by Gasteiger charge is -2.52. The van der Waals surface area contributed by atoms with Crippen LogP contribution >= 0.6 is 23.2 Å². The maximum absolute atomic E-state index is 14.7. The Balaban J connectivity index is 1.74. The van der Waals surface area contributed by atoms with Crippen molar-refractivity contribution in [2.24, 2.45) is 0 Å². The third-order valence-corrected chi connectivity index (χ3v) is 8.53. The standard InChI is InChI=1S/C35H31Cl2F2NO4/c1-2-18-35(34(42)43,21-23-8-16-29(39)17-9-23)40-31(24-10-12-26(36)13-11-24)32(25-4-3-5-27(37)20-25)44-30(33(40)41)19-22-6-14-28(38)15-7-22/h3-17,20,30-32H,2,18-19,21H2,1H3,(H,42,43)/t30-,31+,32-,35+/m0/s1. The summed E-state index contributed by atoms with van der Waals surface area (Å²) in [5.41, 5.74) is 0.737. The number of carboxylic acid groups (broad SMARTS) is 1. The molecule has 4 atom stereocenters. The van der Waals surface area contributed by atoms with Crippen molar-refractivity contribution in [3.63, 3.8) is 0 Å². The van der Waals surface area contributed by atoms with Crippen molar-refractivity contribution in [2.75, 3.05) is 0 Å². The summed E-state index contributed by atoms with van der Waals surface area (Å²) < 4.78 is 34.2. The van der Waals surface area contributed by atoms with Crippen LogP contribution in [0.4, 0.5) is 8.78 Å². The molecule has 0 bridgehead atoms. The molecule has 1 fully saturated rings. The first-order valence-corrected chi connectivity index (χ1v) is 15.1. The van der Waals surface area contributed by atoms with Gasteiger partial charge in [0.1, 0.15) is 29.4 Å². The Labute approximate surface area is 265 Å². The zero-order valence-electron chi connectivity index (χ0n) is 23.9. The van der Waals surface area contributed by atoms with Crippen LogP contribution in [0.2, 0.25) is 10.0 Å². The third-order valence-electron chi connectivity index (χ3n) is 8.04. The van der Waals surface area contributed by atoms with Gasteiger partial charge in [0.05, 0.1) is 6.04 Å². The summed E-state index contributed by atoms with van der Waals surface area (Å²) in [4.78, 5) is 29.7. The van der Waals surface area contributed by atoms with E-state index in [0.29, 0.717) is 38.7 Å². The molecule has 0 spiro atoms. The first-order valence-electron chi connectivity index (χ1n) is 14.3. The first-order chi connectivity index (χ1) is 21.1. The summed E-state index contributed by atoms with van der Waals surface area (Å²) in [7, 11) is 0. The zero-order valence-corrected chi connectivity index (χ0v) is 25.4. The fraction of sp³-hybridized carbons (Fsp3) is 0.257. The van der Waals surface area contributed by atoms with Crippen molar-refractivity contribution in [3.05, 3.63) is 141 Å². The highest BCUT2D eigenvalue weighted by molar-refractivity contribution is 6.30. The summed E-state index contributed by atoms with van der Waals surface area (Å²) in [6.07, 6.45) is -1.37. The molecule has 4 aromatic carbocycles. The molecule has 0 radical (unpaired) electrons. The van der Waals surface area contributed by atoms with Gasteiger partial charge in [-0.2, -0.15) is 0 Å². The summed E-state index contributed by atoms with van der Waals surface area (Å²) in [5, 5.41) is 12.0. The van der Waals surface area contributed by atoms with E-state index in [1.54, 1.807) is 54.6 Å². The quantitative estimate of drug-likeness (QED) is 0.190. The number of rotatable bonds is 10. The molecule has 4 aromatic rings. The Morgan fingerprint density at radius 3 is 2.05 bits per heavy atom. The van der Waals surface area contributed by atoms with E-state index >= 15 is 0 Å². The van der Waals surface area contributed by atoms with E-state index in [9.17, 15) is 23.5 Å². The molecule has 1 aliphatic rings. The van der Waals surface area contributed by atoms with Gasteiger partial charge in [-0.15, -0.1) is 0 Å². The van der Waals surface area contributed by atoms with E-state index in [0.717, 1.165) is 0 Å². The van der Waals surface area contributed by atoms with Gasteiger partial charge >= 0.3 is 5.97 Å². The van der Waals surface area contributed by atoms with Gasteiger partial charge in [-0.3, -0.25) is 4.79 Å². The van der Waals surface area contributed by atoms with Crippen LogP contribution in [-0.2, 0) is 27.2 Å². The van der Waals surface area contributed by atoms with Gasteiger partial charge in [-0.25, -0.2) is 13.6 Å². The van der Waals surface area contributed by atoms with Gasteiger partial charge in [0.2, 0.25) is 0 Å². The molecule has 5 nitrogen and oxygen atoms in total. The molecule has 1 amide bonds. The molecule has 228 valence electrons. The molecule has 44 heavy (non-hydrogen) atoms. The van der Waals surface area contributed by atoms with E-state index in [4.69, 9.17) is 27.9 Å². The Morgan fingerprint density at radius 2 is 1.48 bits per heavy atom. The summed E-state index contributed by atoms with van der Waals surface area (Å²) in [6.45, 7) is 1.86. The molecule has 1 aliphatic heterocycles. The van der Waals surface area contributed by atoms with Crippen molar-refractivity contribution >= 4 is 35.1 Å². The van der Waals surface area contributed by atoms with E-state index in [1.165, 1.54) is 41.3 Å². The number of carbonyl (C=O) groups is 2. The Morgan fingerprint density at radius 1 is 0.864 bits per heavy atom. The number of amides is 1. The molecule has 0 unspecified atom stereocenters. The van der Waals surface area contributed by atoms with Crippen LogP contribution in [0.3, 0.4) is 0 Å². The number of carbonyl (C=O) groups excluding carboxylic acids is 1. The zero-order chi connectivity index (χ0) is 31.4. The Kier molecular flexibility index (Phi) is 9.68. The van der Waals surface area contributed by atoms with Crippen LogP contribution in [0.5, 0.6) is 0 Å². The van der Waals surface area contributed by atoms with E-state index in [1.807, 2.05) is 13.0 Å². The Bertz CT molecular complexity index is 1620. The molecule has 0 saturated carbocycles. The second-order valence-electron chi connectivity index (χ2n) is 11.0. The van der Waals surface area contributed by atoms with Crippen LogP contribution < -0.4 is 0 Å². The van der Waals surface area contributed by atoms with Crippen molar-refractivity contribution < 1.29 is 28.2 Å². The fourth-order valence-electron chi connectivity index (χ4n) is 6.05. The average Bonchev–Trinajstić information content (AvgIpc) is 3.00. The maximum atomic E-state index is 14.7. The minimum Gasteiger partial charge on any atom is -0.479 e. The van der Waals surface area contributed by atoms with Gasteiger partial charge in [-0.05, 0) is 77.2 Å². The normalized spacial score (nSPS) is 19.9. The SMILES string of the molecule is CCC[C@@](Cc1ccc(F)cc1)(C(=O)O)N1C(=O)[C@H](Cc2ccc(F)cc2)O[C@@H](c2cccc(Cl)c2)[C@H]1c1ccc(Cl)cc1. The number of ether oxygens (including phenoxy) is 1. The first kappa shape index (κ1) is 31.6. The van der Waals surface area contributed by atoms with E-state index in [2.05, 4.69) is 0 Å². The van der Waals surface area contributed by atoms with Crippen LogP contribution in [0.15, 0.2) is 97.1 Å². The molecule has 9 heteroatoms. The molecular weight excluding hydrogens is 607 g/mol. The van der Waals surface area contributed by atoms with Crippen LogP contribution in [0, 0.1) is 11.6 Å². The number of hydrogen-bond acceptors (Lipinski definition) is 3. The second kappa shape index (κ2) is 13.5. The van der Waals surface area contributed by atoms with Crippen LogP contribution in [-0.4, -0.2) is 33.5 Å². The summed E-state index contributed by atoms with van der Waals surface area (Å²) in [5.74, 6) is -2.58. The van der Waals surface area contributed by atoms with E-state index in [-0.39, 0.29) is 19.3 Å². The number of nitrogens with zero attached hydrogens (tertiary/aromatic N) is 1. The lowest BCUT2D eigenvalue weighted by molar-refractivity contribution is -0.195. The lowest BCUT2D eigenvalue weighted by atomic mass is 9.79.